The molecule has 0 spiro atoms. The van der Waals surface area contributed by atoms with Crippen LogP contribution in [0.25, 0.3) is 22.6 Å². The van der Waals surface area contributed by atoms with Crippen LogP contribution >= 0.6 is 28.3 Å². The number of non-ortho nitro benzene ring substituents is 1. The lowest BCUT2D eigenvalue weighted by Gasteiger charge is -2.07. The highest BCUT2D eigenvalue weighted by Crippen LogP contribution is 2.26. The smallest absolute Gasteiger partial charge is 0.269 e. The minimum atomic E-state index is -0.382. The zero-order chi connectivity index (χ0) is 22.8. The quantitative estimate of drug-likeness (QED) is 0.231. The molecule has 1 aliphatic heterocycles. The summed E-state index contributed by atoms with van der Waals surface area (Å²) in [5.41, 5.74) is 3.94. The van der Waals surface area contributed by atoms with Crippen LogP contribution in [0.5, 0.6) is 0 Å². The summed E-state index contributed by atoms with van der Waals surface area (Å²) < 4.78 is 4.37. The van der Waals surface area contributed by atoms with Gasteiger partial charge in [-0.1, -0.05) is 6.42 Å². The number of nitro groups is 1. The highest BCUT2D eigenvalue weighted by atomic mass is 79.9. The fraction of sp³-hybridized carbons (Fsp3) is 0.292. The van der Waals surface area contributed by atoms with Crippen molar-refractivity contribution < 1.29 is 4.92 Å². The third-order valence-corrected chi connectivity index (χ3v) is 6.81. The average Bonchev–Trinajstić information content (AvgIpc) is 3.35. The molecule has 8 nitrogen and oxygen atoms in total. The number of aromatic nitrogens is 4. The molecule has 10 heteroatoms. The zero-order valence-corrected chi connectivity index (χ0v) is 21.3. The van der Waals surface area contributed by atoms with Gasteiger partial charge < -0.3 is 9.13 Å². The van der Waals surface area contributed by atoms with Gasteiger partial charge in [0.25, 0.3) is 5.69 Å². The molecule has 0 radical (unpaired) electrons. The molecular formula is C24H25BrN6O2S. The van der Waals surface area contributed by atoms with Crippen LogP contribution in [0.15, 0.2) is 58.9 Å². The van der Waals surface area contributed by atoms with E-state index in [-0.39, 0.29) is 27.6 Å². The topological polar surface area (TPSA) is 91.1 Å². The van der Waals surface area contributed by atoms with Crippen LogP contribution in [0.2, 0.25) is 0 Å². The summed E-state index contributed by atoms with van der Waals surface area (Å²) in [6.45, 7) is 3.79. The first-order chi connectivity index (χ1) is 16.1. The van der Waals surface area contributed by atoms with E-state index in [1.54, 1.807) is 23.5 Å². The fourth-order valence-corrected chi connectivity index (χ4v) is 5.20. The molecule has 2 aromatic heterocycles. The second kappa shape index (κ2) is 10.4. The summed E-state index contributed by atoms with van der Waals surface area (Å²) in [4.78, 5) is 16.3. The van der Waals surface area contributed by atoms with Crippen molar-refractivity contribution in [2.24, 2.45) is 4.99 Å². The Morgan fingerprint density at radius 3 is 2.47 bits per heavy atom. The van der Waals surface area contributed by atoms with Crippen molar-refractivity contribution in [3.05, 3.63) is 74.7 Å². The van der Waals surface area contributed by atoms with Crippen LogP contribution in [0.4, 0.5) is 11.4 Å². The maximum Gasteiger partial charge on any atom is 0.269 e. The van der Waals surface area contributed by atoms with Gasteiger partial charge in [0.1, 0.15) is 5.82 Å². The van der Waals surface area contributed by atoms with E-state index in [9.17, 15) is 10.1 Å². The lowest BCUT2D eigenvalue weighted by molar-refractivity contribution is -0.384. The molecule has 3 heterocycles. The predicted octanol–water partition coefficient (Wildman–Crippen LogP) is 5.94. The molecule has 0 amide bonds. The van der Waals surface area contributed by atoms with Gasteiger partial charge in [-0.2, -0.15) is 0 Å². The largest absolute Gasteiger partial charge is 0.317 e. The Hall–Kier alpha value is -3.11. The number of hydrogen-bond donors (Lipinski definition) is 0. The molecule has 0 saturated carbocycles. The van der Waals surface area contributed by atoms with E-state index in [1.165, 1.54) is 25.0 Å². The molecule has 0 atom stereocenters. The van der Waals surface area contributed by atoms with E-state index >= 15 is 0 Å². The molecular weight excluding hydrogens is 516 g/mol. The lowest BCUT2D eigenvalue weighted by Crippen LogP contribution is -2.14. The molecule has 2 aromatic carbocycles. The predicted molar refractivity (Wildman–Crippen MR) is 139 cm³/mol. The summed E-state index contributed by atoms with van der Waals surface area (Å²) in [6, 6.07) is 14.8. The third kappa shape index (κ3) is 4.74. The highest BCUT2D eigenvalue weighted by Gasteiger charge is 2.16. The van der Waals surface area contributed by atoms with E-state index in [4.69, 9.17) is 4.99 Å². The monoisotopic (exact) mass is 540 g/mol. The fourth-order valence-electron chi connectivity index (χ4n) is 4.20. The second-order valence-corrected chi connectivity index (χ2v) is 8.85. The zero-order valence-electron chi connectivity index (χ0n) is 18.8. The number of nitrogens with zero attached hydrogens (tertiary/aromatic N) is 6. The molecule has 0 saturated heterocycles. The molecule has 0 unspecified atom stereocenters. The lowest BCUT2D eigenvalue weighted by atomic mass is 10.1. The Balaban J connectivity index is 0.00000274. The number of halogens is 1. The molecule has 0 N–H and O–H groups in total. The van der Waals surface area contributed by atoms with Crippen LogP contribution in [0, 0.1) is 10.1 Å². The van der Waals surface area contributed by atoms with Crippen LogP contribution in [-0.2, 0) is 19.5 Å². The van der Waals surface area contributed by atoms with Crippen LogP contribution in [0.3, 0.4) is 0 Å². The van der Waals surface area contributed by atoms with E-state index in [0.29, 0.717) is 0 Å². The molecule has 5 rings (SSSR count). The standard InChI is InChI=1S/C24H24N6O2S.BrH/c1-2-28-21(17-9-13-20(14-10-17)30(31)32)16-33-24(28)25-19-11-7-18(8-12-19)23-27-26-22-6-4-3-5-15-29(22)23;/h7-14,16H,2-6,15H2,1H3;1H. The Bertz CT molecular complexity index is 1360. The van der Waals surface area contributed by atoms with E-state index in [2.05, 4.69) is 38.4 Å². The van der Waals surface area contributed by atoms with Gasteiger partial charge in [0.2, 0.25) is 0 Å². The van der Waals surface area contributed by atoms with Gasteiger partial charge in [-0.15, -0.1) is 38.5 Å². The summed E-state index contributed by atoms with van der Waals surface area (Å²) in [5, 5.41) is 21.8. The number of rotatable bonds is 5. The van der Waals surface area contributed by atoms with Gasteiger partial charge >= 0.3 is 0 Å². The van der Waals surface area contributed by atoms with Gasteiger partial charge in [-0.3, -0.25) is 10.1 Å². The first-order valence-electron chi connectivity index (χ1n) is 11.1. The molecule has 0 aliphatic carbocycles. The van der Waals surface area contributed by atoms with Crippen molar-refractivity contribution in [1.82, 2.24) is 19.3 Å². The summed E-state index contributed by atoms with van der Waals surface area (Å²) in [7, 11) is 0. The number of nitro benzene ring substituents is 1. The summed E-state index contributed by atoms with van der Waals surface area (Å²) >= 11 is 1.56. The minimum Gasteiger partial charge on any atom is -0.317 e. The van der Waals surface area contributed by atoms with Gasteiger partial charge in [-0.05, 0) is 61.7 Å². The van der Waals surface area contributed by atoms with Crippen molar-refractivity contribution in [2.45, 2.75) is 45.7 Å². The van der Waals surface area contributed by atoms with E-state index in [0.717, 1.165) is 64.9 Å². The SMILES string of the molecule is Br.CCn1c(-c2ccc([N+](=O)[O-])cc2)csc1=Nc1ccc(-c2nnc3n2CCCCC3)cc1. The number of benzene rings is 2. The van der Waals surface area contributed by atoms with E-state index < -0.39 is 0 Å². The van der Waals surface area contributed by atoms with Crippen molar-refractivity contribution in [2.75, 3.05) is 0 Å². The van der Waals surface area contributed by atoms with Gasteiger partial charge in [-0.25, -0.2) is 4.99 Å². The Morgan fingerprint density at radius 2 is 1.76 bits per heavy atom. The van der Waals surface area contributed by atoms with Gasteiger partial charge in [0, 0.05) is 42.6 Å². The van der Waals surface area contributed by atoms with Crippen LogP contribution in [-0.4, -0.2) is 24.3 Å². The highest BCUT2D eigenvalue weighted by molar-refractivity contribution is 8.93. The Labute approximate surface area is 211 Å². The van der Waals surface area contributed by atoms with Crippen molar-refractivity contribution in [3.8, 4) is 22.6 Å². The van der Waals surface area contributed by atoms with Crippen molar-refractivity contribution >= 4 is 39.7 Å². The number of thiazole rings is 1. The molecule has 0 bridgehead atoms. The Morgan fingerprint density at radius 1 is 1.03 bits per heavy atom. The van der Waals surface area contributed by atoms with Crippen LogP contribution < -0.4 is 4.80 Å². The first-order valence-corrected chi connectivity index (χ1v) is 12.0. The average molecular weight is 541 g/mol. The van der Waals surface area contributed by atoms with Crippen molar-refractivity contribution in [3.63, 3.8) is 0 Å². The summed E-state index contributed by atoms with van der Waals surface area (Å²) in [6.07, 6.45) is 4.57. The molecule has 1 aliphatic rings. The Kier molecular flexibility index (Phi) is 7.38. The molecule has 176 valence electrons. The summed E-state index contributed by atoms with van der Waals surface area (Å²) in [5.74, 6) is 2.01. The molecule has 4 aromatic rings. The molecule has 34 heavy (non-hydrogen) atoms. The molecule has 0 fully saturated rings. The first kappa shape index (κ1) is 24.0. The van der Waals surface area contributed by atoms with Gasteiger partial charge in [0.05, 0.1) is 16.3 Å². The normalized spacial score (nSPS) is 13.7. The number of fused-ring (bicyclic) bond motifs is 1. The minimum absolute atomic E-state index is 0. The maximum atomic E-state index is 10.9. The number of hydrogen-bond acceptors (Lipinski definition) is 6. The van der Waals surface area contributed by atoms with Gasteiger partial charge in [0.15, 0.2) is 10.6 Å². The van der Waals surface area contributed by atoms with Crippen molar-refractivity contribution in [1.29, 1.82) is 0 Å². The van der Waals surface area contributed by atoms with E-state index in [1.807, 2.05) is 17.5 Å². The maximum absolute atomic E-state index is 10.9. The number of aryl methyl sites for hydroxylation is 1. The third-order valence-electron chi connectivity index (χ3n) is 5.95. The van der Waals surface area contributed by atoms with Crippen LogP contribution in [0.1, 0.15) is 32.0 Å². The second-order valence-electron chi connectivity index (χ2n) is 8.01.